The second-order valence-electron chi connectivity index (χ2n) is 5.70. The standard InChI is InChI=1S/C19H18N2O2/c1-12-8-15-10-16(19(23)21-17(15)9-13(12)2)11-20-18(22)14-6-4-3-5-7-14/h3-10H,11H2,1-2H3,(H,20,22)(H,21,23). The van der Waals surface area contributed by atoms with Crippen molar-refractivity contribution in [2.45, 2.75) is 20.4 Å². The summed E-state index contributed by atoms with van der Waals surface area (Å²) >= 11 is 0. The molecule has 1 amide bonds. The number of carbonyl (C=O) groups excluding carboxylic acids is 1. The van der Waals surface area contributed by atoms with Crippen LogP contribution in [0.4, 0.5) is 0 Å². The van der Waals surface area contributed by atoms with Gasteiger partial charge >= 0.3 is 0 Å². The molecule has 1 aromatic heterocycles. The highest BCUT2D eigenvalue weighted by atomic mass is 16.1. The van der Waals surface area contributed by atoms with Gasteiger partial charge < -0.3 is 10.3 Å². The molecule has 0 aliphatic heterocycles. The second kappa shape index (κ2) is 6.08. The molecule has 0 unspecified atom stereocenters. The quantitative estimate of drug-likeness (QED) is 0.781. The van der Waals surface area contributed by atoms with Crippen LogP contribution in [0.5, 0.6) is 0 Å². The number of rotatable bonds is 3. The molecule has 2 aromatic carbocycles. The fraction of sp³-hybridized carbons (Fsp3) is 0.158. The van der Waals surface area contributed by atoms with Gasteiger partial charge in [0.1, 0.15) is 0 Å². The third-order valence-electron chi connectivity index (χ3n) is 4.01. The molecule has 0 fully saturated rings. The Kier molecular flexibility index (Phi) is 3.98. The molecule has 0 aliphatic carbocycles. The fourth-order valence-corrected chi connectivity index (χ4v) is 2.52. The minimum atomic E-state index is -0.190. The first-order valence-electron chi connectivity index (χ1n) is 7.51. The molecule has 0 spiro atoms. The van der Waals surface area contributed by atoms with E-state index in [2.05, 4.69) is 10.3 Å². The van der Waals surface area contributed by atoms with Crippen molar-refractivity contribution < 1.29 is 4.79 Å². The SMILES string of the molecule is Cc1cc2cc(CNC(=O)c3ccccc3)c(=O)[nH]c2cc1C. The number of fused-ring (bicyclic) bond motifs is 1. The molecular formula is C19H18N2O2. The summed E-state index contributed by atoms with van der Waals surface area (Å²) in [6.45, 7) is 4.25. The highest BCUT2D eigenvalue weighted by Gasteiger charge is 2.08. The first-order valence-corrected chi connectivity index (χ1v) is 7.51. The summed E-state index contributed by atoms with van der Waals surface area (Å²) in [5.41, 5.74) is 4.08. The lowest BCUT2D eigenvalue weighted by Crippen LogP contribution is -2.26. The van der Waals surface area contributed by atoms with E-state index in [0.29, 0.717) is 11.1 Å². The molecule has 4 heteroatoms. The van der Waals surface area contributed by atoms with E-state index < -0.39 is 0 Å². The van der Waals surface area contributed by atoms with Gasteiger partial charge in [-0.1, -0.05) is 18.2 Å². The van der Waals surface area contributed by atoms with Gasteiger partial charge in [0.2, 0.25) is 0 Å². The Morgan fingerprint density at radius 1 is 1.04 bits per heavy atom. The highest BCUT2D eigenvalue weighted by Crippen LogP contribution is 2.17. The minimum Gasteiger partial charge on any atom is -0.348 e. The third kappa shape index (κ3) is 3.16. The summed E-state index contributed by atoms with van der Waals surface area (Å²) in [5.74, 6) is -0.190. The number of pyridine rings is 1. The summed E-state index contributed by atoms with van der Waals surface area (Å²) in [5, 5.41) is 3.76. The van der Waals surface area contributed by atoms with Crippen LogP contribution in [0.1, 0.15) is 27.0 Å². The van der Waals surface area contributed by atoms with Crippen LogP contribution >= 0.6 is 0 Å². The van der Waals surface area contributed by atoms with Crippen molar-refractivity contribution in [1.29, 1.82) is 0 Å². The Bertz CT molecular complexity index is 927. The zero-order valence-corrected chi connectivity index (χ0v) is 13.1. The monoisotopic (exact) mass is 306 g/mol. The Hall–Kier alpha value is -2.88. The van der Waals surface area contributed by atoms with Crippen molar-refractivity contribution in [2.24, 2.45) is 0 Å². The van der Waals surface area contributed by atoms with Gasteiger partial charge in [0, 0.05) is 23.2 Å². The zero-order chi connectivity index (χ0) is 16.4. The van der Waals surface area contributed by atoms with Gasteiger partial charge in [-0.15, -0.1) is 0 Å². The number of aromatic amines is 1. The van der Waals surface area contributed by atoms with E-state index in [1.807, 2.05) is 50.2 Å². The third-order valence-corrected chi connectivity index (χ3v) is 4.01. The molecule has 0 radical (unpaired) electrons. The number of amides is 1. The molecule has 23 heavy (non-hydrogen) atoms. The van der Waals surface area contributed by atoms with Crippen LogP contribution in [0.15, 0.2) is 53.3 Å². The smallest absolute Gasteiger partial charge is 0.253 e. The van der Waals surface area contributed by atoms with Crippen molar-refractivity contribution in [3.05, 3.63) is 81.1 Å². The van der Waals surface area contributed by atoms with Crippen LogP contribution in [0.2, 0.25) is 0 Å². The van der Waals surface area contributed by atoms with E-state index in [0.717, 1.165) is 16.5 Å². The lowest BCUT2D eigenvalue weighted by molar-refractivity contribution is 0.0951. The minimum absolute atomic E-state index is 0.172. The summed E-state index contributed by atoms with van der Waals surface area (Å²) < 4.78 is 0. The molecule has 3 rings (SSSR count). The summed E-state index contributed by atoms with van der Waals surface area (Å²) in [7, 11) is 0. The van der Waals surface area contributed by atoms with E-state index in [1.54, 1.807) is 12.1 Å². The van der Waals surface area contributed by atoms with Gasteiger partial charge in [-0.25, -0.2) is 0 Å². The fourth-order valence-electron chi connectivity index (χ4n) is 2.52. The molecular weight excluding hydrogens is 288 g/mol. The van der Waals surface area contributed by atoms with Crippen molar-refractivity contribution in [3.8, 4) is 0 Å². The first-order chi connectivity index (χ1) is 11.0. The van der Waals surface area contributed by atoms with Gasteiger partial charge in [-0.2, -0.15) is 0 Å². The number of aryl methyl sites for hydroxylation is 2. The molecule has 2 N–H and O–H groups in total. The normalized spacial score (nSPS) is 10.7. The maximum Gasteiger partial charge on any atom is 0.253 e. The Balaban J connectivity index is 1.86. The number of nitrogens with one attached hydrogen (secondary N) is 2. The number of H-pyrrole nitrogens is 1. The average Bonchev–Trinajstić information content (AvgIpc) is 2.55. The number of aromatic nitrogens is 1. The Morgan fingerprint density at radius 2 is 1.74 bits per heavy atom. The topological polar surface area (TPSA) is 62.0 Å². The largest absolute Gasteiger partial charge is 0.348 e. The number of carbonyl (C=O) groups is 1. The van der Waals surface area contributed by atoms with E-state index in [9.17, 15) is 9.59 Å². The molecule has 0 saturated heterocycles. The average molecular weight is 306 g/mol. The number of hydrogen-bond donors (Lipinski definition) is 2. The predicted molar refractivity (Wildman–Crippen MR) is 91.7 cm³/mol. The van der Waals surface area contributed by atoms with Crippen LogP contribution in [0.25, 0.3) is 10.9 Å². The molecule has 1 heterocycles. The van der Waals surface area contributed by atoms with Crippen molar-refractivity contribution in [3.63, 3.8) is 0 Å². The van der Waals surface area contributed by atoms with Gasteiger partial charge in [0.15, 0.2) is 0 Å². The Morgan fingerprint density at radius 3 is 2.48 bits per heavy atom. The van der Waals surface area contributed by atoms with E-state index in [-0.39, 0.29) is 18.0 Å². The van der Waals surface area contributed by atoms with E-state index >= 15 is 0 Å². The lowest BCUT2D eigenvalue weighted by atomic mass is 10.0. The molecule has 3 aromatic rings. The lowest BCUT2D eigenvalue weighted by Gasteiger charge is -2.08. The van der Waals surface area contributed by atoms with Gasteiger partial charge in [0.25, 0.3) is 11.5 Å². The molecule has 0 bridgehead atoms. The summed E-state index contributed by atoms with van der Waals surface area (Å²) in [6.07, 6.45) is 0. The predicted octanol–water partition coefficient (Wildman–Crippen LogP) is 3.07. The Labute approximate surface area is 134 Å². The van der Waals surface area contributed by atoms with Crippen LogP contribution in [-0.2, 0) is 6.54 Å². The molecule has 0 saturated carbocycles. The number of hydrogen-bond acceptors (Lipinski definition) is 2. The maximum absolute atomic E-state index is 12.2. The number of benzene rings is 2. The van der Waals surface area contributed by atoms with Gasteiger partial charge in [0.05, 0.1) is 0 Å². The summed E-state index contributed by atoms with van der Waals surface area (Å²) in [4.78, 5) is 27.1. The van der Waals surface area contributed by atoms with E-state index in [4.69, 9.17) is 0 Å². The van der Waals surface area contributed by atoms with Crippen LogP contribution < -0.4 is 10.9 Å². The highest BCUT2D eigenvalue weighted by molar-refractivity contribution is 5.94. The van der Waals surface area contributed by atoms with Crippen LogP contribution in [-0.4, -0.2) is 10.9 Å². The molecule has 116 valence electrons. The maximum atomic E-state index is 12.2. The zero-order valence-electron chi connectivity index (χ0n) is 13.1. The summed E-state index contributed by atoms with van der Waals surface area (Å²) in [6, 6.07) is 14.8. The first kappa shape index (κ1) is 15.0. The van der Waals surface area contributed by atoms with Gasteiger partial charge in [-0.3, -0.25) is 9.59 Å². The van der Waals surface area contributed by atoms with E-state index in [1.165, 1.54) is 5.56 Å². The molecule has 0 aliphatic rings. The van der Waals surface area contributed by atoms with Crippen LogP contribution in [0.3, 0.4) is 0 Å². The second-order valence-corrected chi connectivity index (χ2v) is 5.70. The van der Waals surface area contributed by atoms with Crippen LogP contribution in [0, 0.1) is 13.8 Å². The molecule has 4 nitrogen and oxygen atoms in total. The van der Waals surface area contributed by atoms with Crippen molar-refractivity contribution in [1.82, 2.24) is 10.3 Å². The van der Waals surface area contributed by atoms with Crippen molar-refractivity contribution in [2.75, 3.05) is 0 Å². The van der Waals surface area contributed by atoms with Crippen molar-refractivity contribution >= 4 is 16.8 Å². The van der Waals surface area contributed by atoms with Gasteiger partial charge in [-0.05, 0) is 60.7 Å². The molecule has 0 atom stereocenters.